The molecule has 0 saturated carbocycles. The largest absolute Gasteiger partial charge is 0.462 e. The van der Waals surface area contributed by atoms with Gasteiger partial charge in [0.1, 0.15) is 5.76 Å². The van der Waals surface area contributed by atoms with E-state index in [1.54, 1.807) is 55.5 Å². The Morgan fingerprint density at radius 1 is 1.24 bits per heavy atom. The van der Waals surface area contributed by atoms with Gasteiger partial charge >= 0.3 is 5.97 Å². The Bertz CT molecular complexity index is 1590. The second-order valence-corrected chi connectivity index (χ2v) is 10.7. The van der Waals surface area contributed by atoms with E-state index in [2.05, 4.69) is 15.3 Å². The van der Waals surface area contributed by atoms with Crippen LogP contribution in [0.2, 0.25) is 0 Å². The summed E-state index contributed by atoms with van der Waals surface area (Å²) < 4.78 is 12.2. The van der Waals surface area contributed by atoms with Gasteiger partial charge in [-0.2, -0.15) is 0 Å². The lowest BCUT2D eigenvalue weighted by Crippen LogP contribution is -2.19. The fourth-order valence-electron chi connectivity index (χ4n) is 3.22. The Balaban J connectivity index is 1.26. The number of amides is 1. The van der Waals surface area contributed by atoms with Crippen molar-refractivity contribution in [1.29, 1.82) is 0 Å². The van der Waals surface area contributed by atoms with Crippen molar-refractivity contribution in [1.82, 2.24) is 10.3 Å². The van der Waals surface area contributed by atoms with Crippen molar-refractivity contribution in [3.8, 4) is 0 Å². The van der Waals surface area contributed by atoms with Gasteiger partial charge in [-0.25, -0.2) is 14.8 Å². The van der Waals surface area contributed by atoms with Crippen molar-refractivity contribution in [2.24, 2.45) is 4.99 Å². The standard InChI is InChI=1S/C24H16N4O6S3/c1-2-33-22(30)13-3-5-14(6-4-13)25-23-27-21(29)19(35-23)12-16-8-10-20(34-16)37-24-26-17-9-7-15(28(31)32)11-18(17)36-24/h3-12H,2H2,1H3,(H,25,27,29)/b19-12-. The van der Waals surface area contributed by atoms with Crippen LogP contribution < -0.4 is 5.32 Å². The zero-order valence-electron chi connectivity index (χ0n) is 19.0. The molecule has 186 valence electrons. The number of benzene rings is 2. The number of hydrogen-bond acceptors (Lipinski definition) is 11. The molecule has 0 aliphatic carbocycles. The van der Waals surface area contributed by atoms with Crippen LogP contribution in [0.1, 0.15) is 23.0 Å². The molecule has 0 bridgehead atoms. The van der Waals surface area contributed by atoms with Crippen LogP contribution in [0.5, 0.6) is 0 Å². The molecule has 10 nitrogen and oxygen atoms in total. The van der Waals surface area contributed by atoms with Gasteiger partial charge in [-0.1, -0.05) is 0 Å². The number of carbonyl (C=O) groups excluding carboxylic acids is 2. The lowest BCUT2D eigenvalue weighted by Gasteiger charge is -2.02. The van der Waals surface area contributed by atoms with Crippen LogP contribution in [0.25, 0.3) is 16.3 Å². The van der Waals surface area contributed by atoms with Crippen molar-refractivity contribution in [3.63, 3.8) is 0 Å². The van der Waals surface area contributed by atoms with Crippen LogP contribution in [0.15, 0.2) is 78.3 Å². The topological polar surface area (TPSA) is 137 Å². The molecule has 1 aliphatic rings. The van der Waals surface area contributed by atoms with E-state index in [0.717, 1.165) is 0 Å². The molecule has 4 aromatic rings. The Hall–Kier alpha value is -3.94. The van der Waals surface area contributed by atoms with Gasteiger partial charge in [-0.3, -0.25) is 14.9 Å². The Morgan fingerprint density at radius 2 is 2.05 bits per heavy atom. The van der Waals surface area contributed by atoms with Crippen molar-refractivity contribution in [3.05, 3.63) is 80.9 Å². The number of ether oxygens (including phenoxy) is 1. The zero-order valence-corrected chi connectivity index (χ0v) is 21.4. The van der Waals surface area contributed by atoms with Crippen molar-refractivity contribution < 1.29 is 23.7 Å². The Labute approximate surface area is 222 Å². The van der Waals surface area contributed by atoms with E-state index in [4.69, 9.17) is 9.15 Å². The number of carbonyl (C=O) groups is 2. The molecule has 1 saturated heterocycles. The molecule has 2 aromatic heterocycles. The number of thioether (sulfide) groups is 1. The number of esters is 1. The number of fused-ring (bicyclic) bond motifs is 1. The number of nitro benzene ring substituents is 1. The molecule has 1 aliphatic heterocycles. The van der Waals surface area contributed by atoms with Gasteiger partial charge in [0.15, 0.2) is 14.6 Å². The fourth-order valence-corrected chi connectivity index (χ4v) is 6.04. The number of nitro groups is 1. The monoisotopic (exact) mass is 552 g/mol. The Morgan fingerprint density at radius 3 is 2.81 bits per heavy atom. The summed E-state index contributed by atoms with van der Waals surface area (Å²) in [7, 11) is 0. The quantitative estimate of drug-likeness (QED) is 0.126. The number of nitrogens with zero attached hydrogens (tertiary/aromatic N) is 3. The number of aliphatic imine (C=N–C) groups is 1. The van der Waals surface area contributed by atoms with Crippen molar-refractivity contribution in [2.75, 3.05) is 6.61 Å². The third kappa shape index (κ3) is 5.74. The van der Waals surface area contributed by atoms with Gasteiger partial charge in [-0.15, -0.1) is 11.3 Å². The lowest BCUT2D eigenvalue weighted by molar-refractivity contribution is -0.384. The number of nitrogens with one attached hydrogen (secondary N) is 1. The van der Waals surface area contributed by atoms with Crippen molar-refractivity contribution >= 4 is 79.6 Å². The van der Waals surface area contributed by atoms with Gasteiger partial charge in [0.05, 0.1) is 37.9 Å². The minimum Gasteiger partial charge on any atom is -0.462 e. The highest BCUT2D eigenvalue weighted by molar-refractivity contribution is 8.18. The van der Waals surface area contributed by atoms with E-state index in [9.17, 15) is 19.7 Å². The molecule has 0 radical (unpaired) electrons. The number of non-ortho nitro benzene ring substituents is 1. The molecule has 2 aromatic carbocycles. The predicted molar refractivity (Wildman–Crippen MR) is 142 cm³/mol. The highest BCUT2D eigenvalue weighted by Crippen LogP contribution is 2.37. The number of amidine groups is 1. The van der Waals surface area contributed by atoms with E-state index in [1.807, 2.05) is 0 Å². The van der Waals surface area contributed by atoms with Gasteiger partial charge in [0.2, 0.25) is 0 Å². The van der Waals surface area contributed by atoms with Crippen LogP contribution in [-0.4, -0.2) is 33.6 Å². The molecule has 5 rings (SSSR count). The second-order valence-electron chi connectivity index (χ2n) is 7.40. The highest BCUT2D eigenvalue weighted by atomic mass is 32.2. The van der Waals surface area contributed by atoms with Gasteiger partial charge in [0, 0.05) is 18.2 Å². The van der Waals surface area contributed by atoms with Gasteiger partial charge in [-0.05, 0) is 72.9 Å². The minimum absolute atomic E-state index is 0.0172. The summed E-state index contributed by atoms with van der Waals surface area (Å²) in [6, 6.07) is 14.6. The van der Waals surface area contributed by atoms with E-state index in [0.29, 0.717) is 53.3 Å². The smallest absolute Gasteiger partial charge is 0.338 e. The summed E-state index contributed by atoms with van der Waals surface area (Å²) in [5.74, 6) is -0.222. The molecule has 1 fully saturated rings. The van der Waals surface area contributed by atoms with Crippen LogP contribution in [-0.2, 0) is 9.53 Å². The molecule has 0 spiro atoms. The first-order valence-corrected chi connectivity index (χ1v) is 13.2. The van der Waals surface area contributed by atoms with E-state index in [-0.39, 0.29) is 11.6 Å². The van der Waals surface area contributed by atoms with Crippen LogP contribution in [0, 0.1) is 10.1 Å². The molecule has 0 atom stereocenters. The average molecular weight is 553 g/mol. The molecule has 37 heavy (non-hydrogen) atoms. The average Bonchev–Trinajstić information content (AvgIpc) is 3.58. The van der Waals surface area contributed by atoms with Crippen LogP contribution in [0.3, 0.4) is 0 Å². The van der Waals surface area contributed by atoms with Gasteiger partial charge < -0.3 is 14.5 Å². The molecule has 0 unspecified atom stereocenters. The number of aromatic nitrogens is 1. The number of rotatable bonds is 7. The van der Waals surface area contributed by atoms with Crippen LogP contribution in [0.4, 0.5) is 11.4 Å². The first-order chi connectivity index (χ1) is 17.9. The highest BCUT2D eigenvalue weighted by Gasteiger charge is 2.24. The molecular weight excluding hydrogens is 536 g/mol. The zero-order chi connectivity index (χ0) is 25.9. The predicted octanol–water partition coefficient (Wildman–Crippen LogP) is 6.02. The first kappa shape index (κ1) is 24.7. The third-order valence-corrected chi connectivity index (χ3v) is 7.80. The van der Waals surface area contributed by atoms with E-state index in [1.165, 1.54) is 47.0 Å². The molecule has 1 N–H and O–H groups in total. The number of hydrogen-bond donors (Lipinski definition) is 1. The van der Waals surface area contributed by atoms with Crippen LogP contribution >= 0.6 is 34.9 Å². The molecule has 13 heteroatoms. The summed E-state index contributed by atoms with van der Waals surface area (Å²) in [5.41, 5.74) is 1.69. The summed E-state index contributed by atoms with van der Waals surface area (Å²) in [4.78, 5) is 44.1. The van der Waals surface area contributed by atoms with Crippen molar-refractivity contribution in [2.45, 2.75) is 16.4 Å². The lowest BCUT2D eigenvalue weighted by atomic mass is 10.2. The first-order valence-electron chi connectivity index (χ1n) is 10.8. The Kier molecular flexibility index (Phi) is 7.08. The number of furan rings is 1. The second kappa shape index (κ2) is 10.6. The SMILES string of the molecule is CCOC(=O)c1ccc(N=C2NC(=O)/C(=C/c3ccc(Sc4nc5ccc([N+](=O)[O-])cc5s4)o3)S2)cc1. The third-order valence-electron chi connectivity index (χ3n) is 4.89. The summed E-state index contributed by atoms with van der Waals surface area (Å²) >= 11 is 3.80. The summed E-state index contributed by atoms with van der Waals surface area (Å²) in [6.45, 7) is 2.04. The maximum absolute atomic E-state index is 12.4. The number of thiazole rings is 1. The normalized spacial score (nSPS) is 15.4. The maximum atomic E-state index is 12.4. The molecule has 3 heterocycles. The minimum atomic E-state index is -0.437. The molecule has 1 amide bonds. The van der Waals surface area contributed by atoms with E-state index < -0.39 is 10.9 Å². The summed E-state index contributed by atoms with van der Waals surface area (Å²) in [6.07, 6.45) is 1.62. The maximum Gasteiger partial charge on any atom is 0.338 e. The summed E-state index contributed by atoms with van der Waals surface area (Å²) in [5, 5.41) is 14.7. The molecular formula is C24H16N4O6S3. The van der Waals surface area contributed by atoms with E-state index >= 15 is 0 Å². The van der Waals surface area contributed by atoms with Gasteiger partial charge in [0.25, 0.3) is 11.6 Å². The fraction of sp³-hybridized carbons (Fsp3) is 0.0833.